The minimum absolute atomic E-state index is 0.234. The van der Waals surface area contributed by atoms with Crippen LogP contribution in [0, 0.1) is 23.7 Å². The third kappa shape index (κ3) is 1.50. The molecule has 0 amide bonds. The second-order valence-corrected chi connectivity index (χ2v) is 7.67. The molecule has 1 spiro atoms. The molecule has 0 aromatic heterocycles. The summed E-state index contributed by atoms with van der Waals surface area (Å²) >= 11 is 0. The van der Waals surface area contributed by atoms with E-state index in [1.165, 1.54) is 38.8 Å². The number of rotatable bonds is 0. The molecule has 2 saturated heterocycles. The summed E-state index contributed by atoms with van der Waals surface area (Å²) in [5.74, 6) is 2.00. The quantitative estimate of drug-likeness (QED) is 0.699. The van der Waals surface area contributed by atoms with Gasteiger partial charge in [-0.15, -0.1) is 0 Å². The summed E-state index contributed by atoms with van der Waals surface area (Å²) in [4.78, 5) is 2.72. The summed E-state index contributed by atoms with van der Waals surface area (Å²) in [7, 11) is 0. The lowest BCUT2D eigenvalue weighted by atomic mass is 9.47. The van der Waals surface area contributed by atoms with E-state index in [2.05, 4.69) is 11.8 Å². The number of aliphatic hydroxyl groups excluding tert-OH is 2. The molecule has 2 bridgehead atoms. The highest BCUT2D eigenvalue weighted by Crippen LogP contribution is 2.60. The smallest absolute Gasteiger partial charge is 0.0847 e. The minimum atomic E-state index is -0.477. The lowest BCUT2D eigenvalue weighted by Gasteiger charge is -2.68. The molecule has 19 heavy (non-hydrogen) atoms. The largest absolute Gasteiger partial charge is 0.390 e. The maximum Gasteiger partial charge on any atom is 0.0847 e. The molecular formula is C16H27NO2. The molecule has 0 unspecified atom stereocenters. The van der Waals surface area contributed by atoms with E-state index in [1.54, 1.807) is 0 Å². The van der Waals surface area contributed by atoms with Gasteiger partial charge in [-0.05, 0) is 69.4 Å². The van der Waals surface area contributed by atoms with Crippen LogP contribution < -0.4 is 0 Å². The third-order valence-corrected chi connectivity index (χ3v) is 6.83. The zero-order chi connectivity index (χ0) is 13.2. The molecule has 2 aliphatic carbocycles. The normalized spacial score (nSPS) is 57.6. The molecule has 3 nitrogen and oxygen atoms in total. The predicted molar refractivity (Wildman–Crippen MR) is 73.7 cm³/mol. The van der Waals surface area contributed by atoms with E-state index in [9.17, 15) is 10.2 Å². The topological polar surface area (TPSA) is 43.7 Å². The van der Waals surface area contributed by atoms with Crippen LogP contribution in [0.4, 0.5) is 0 Å². The van der Waals surface area contributed by atoms with Crippen molar-refractivity contribution < 1.29 is 10.2 Å². The van der Waals surface area contributed by atoms with Gasteiger partial charge >= 0.3 is 0 Å². The number of nitrogens with zero attached hydrogens (tertiary/aromatic N) is 1. The Bertz CT molecular complexity index is 360. The molecule has 2 N–H and O–H groups in total. The summed E-state index contributed by atoms with van der Waals surface area (Å²) in [6, 6.07) is 0. The SMILES string of the molecule is C[C@H]1C[C@H]2[C@@H](O)[C@@H](O)[C@H]3CCCN4CCC[C@H]2[C@]34C1. The molecule has 108 valence electrons. The molecule has 2 aliphatic heterocycles. The maximum absolute atomic E-state index is 10.6. The molecule has 0 radical (unpaired) electrons. The Labute approximate surface area is 116 Å². The van der Waals surface area contributed by atoms with Gasteiger partial charge < -0.3 is 10.2 Å². The van der Waals surface area contributed by atoms with Crippen molar-refractivity contribution >= 4 is 0 Å². The van der Waals surface area contributed by atoms with Crippen LogP contribution in [-0.2, 0) is 0 Å². The summed E-state index contributed by atoms with van der Waals surface area (Å²) in [5.41, 5.74) is 0.234. The second kappa shape index (κ2) is 4.19. The first-order chi connectivity index (χ1) is 9.14. The first-order valence-corrected chi connectivity index (χ1v) is 8.26. The van der Waals surface area contributed by atoms with Crippen LogP contribution in [0.2, 0.25) is 0 Å². The monoisotopic (exact) mass is 265 g/mol. The van der Waals surface area contributed by atoms with E-state index in [0.29, 0.717) is 23.7 Å². The summed E-state index contributed by atoms with van der Waals surface area (Å²) in [6.45, 7) is 4.78. The van der Waals surface area contributed by atoms with Gasteiger partial charge in [0.2, 0.25) is 0 Å². The van der Waals surface area contributed by atoms with Gasteiger partial charge in [-0.1, -0.05) is 6.92 Å². The van der Waals surface area contributed by atoms with Gasteiger partial charge in [0, 0.05) is 11.5 Å². The third-order valence-electron chi connectivity index (χ3n) is 6.83. The molecule has 4 rings (SSSR count). The van der Waals surface area contributed by atoms with Gasteiger partial charge in [-0.25, -0.2) is 0 Å². The van der Waals surface area contributed by atoms with Crippen molar-refractivity contribution in [3.8, 4) is 0 Å². The highest BCUT2D eigenvalue weighted by molar-refractivity contribution is 5.17. The zero-order valence-electron chi connectivity index (χ0n) is 12.0. The van der Waals surface area contributed by atoms with E-state index in [0.717, 1.165) is 12.8 Å². The van der Waals surface area contributed by atoms with E-state index >= 15 is 0 Å². The van der Waals surface area contributed by atoms with Gasteiger partial charge in [-0.2, -0.15) is 0 Å². The molecule has 2 saturated carbocycles. The van der Waals surface area contributed by atoms with Crippen molar-refractivity contribution in [1.82, 2.24) is 4.90 Å². The molecule has 0 aromatic carbocycles. The van der Waals surface area contributed by atoms with Crippen LogP contribution in [0.3, 0.4) is 0 Å². The van der Waals surface area contributed by atoms with Crippen molar-refractivity contribution in [2.45, 2.75) is 63.2 Å². The average molecular weight is 265 g/mol. The van der Waals surface area contributed by atoms with Crippen LogP contribution in [0.15, 0.2) is 0 Å². The Hall–Kier alpha value is -0.120. The van der Waals surface area contributed by atoms with Crippen molar-refractivity contribution in [3.05, 3.63) is 0 Å². The van der Waals surface area contributed by atoms with E-state index in [1.807, 2.05) is 0 Å². The van der Waals surface area contributed by atoms with Crippen LogP contribution in [-0.4, -0.2) is 45.9 Å². The van der Waals surface area contributed by atoms with E-state index < -0.39 is 12.2 Å². The highest BCUT2D eigenvalue weighted by atomic mass is 16.3. The van der Waals surface area contributed by atoms with Crippen molar-refractivity contribution in [2.75, 3.05) is 13.1 Å². The Balaban J connectivity index is 1.82. The minimum Gasteiger partial charge on any atom is -0.390 e. The highest BCUT2D eigenvalue weighted by Gasteiger charge is 2.64. The first-order valence-electron chi connectivity index (χ1n) is 8.26. The van der Waals surface area contributed by atoms with Crippen LogP contribution in [0.5, 0.6) is 0 Å². The fourth-order valence-electron chi connectivity index (χ4n) is 6.40. The van der Waals surface area contributed by atoms with Crippen LogP contribution in [0.25, 0.3) is 0 Å². The molecule has 4 fully saturated rings. The molecule has 0 aromatic rings. The Kier molecular flexibility index (Phi) is 2.78. The second-order valence-electron chi connectivity index (χ2n) is 7.67. The molecule has 4 aliphatic rings. The lowest BCUT2D eigenvalue weighted by molar-refractivity contribution is -0.234. The average Bonchev–Trinajstić information content (AvgIpc) is 2.40. The maximum atomic E-state index is 10.6. The fraction of sp³-hybridized carbons (Fsp3) is 1.00. The summed E-state index contributed by atoms with van der Waals surface area (Å²) in [5, 5.41) is 21.2. The predicted octanol–water partition coefficient (Wildman–Crippen LogP) is 1.63. The van der Waals surface area contributed by atoms with Crippen molar-refractivity contribution in [3.63, 3.8) is 0 Å². The van der Waals surface area contributed by atoms with Gasteiger partial charge in [0.1, 0.15) is 0 Å². The molecule has 7 atom stereocenters. The van der Waals surface area contributed by atoms with Gasteiger partial charge in [0.05, 0.1) is 12.2 Å². The van der Waals surface area contributed by atoms with Gasteiger partial charge in [-0.3, -0.25) is 4.90 Å². The number of aliphatic hydroxyl groups is 2. The Morgan fingerprint density at radius 1 is 1.00 bits per heavy atom. The van der Waals surface area contributed by atoms with Gasteiger partial charge in [0.15, 0.2) is 0 Å². The van der Waals surface area contributed by atoms with Crippen molar-refractivity contribution in [2.24, 2.45) is 23.7 Å². The zero-order valence-corrected chi connectivity index (χ0v) is 12.0. The Morgan fingerprint density at radius 2 is 1.68 bits per heavy atom. The lowest BCUT2D eigenvalue weighted by Crippen LogP contribution is -2.75. The molecule has 2 heterocycles. The Morgan fingerprint density at radius 3 is 2.42 bits per heavy atom. The van der Waals surface area contributed by atoms with Gasteiger partial charge in [0.25, 0.3) is 0 Å². The fourth-order valence-corrected chi connectivity index (χ4v) is 6.40. The number of piperidine rings is 2. The number of hydrogen-bond acceptors (Lipinski definition) is 3. The van der Waals surface area contributed by atoms with Crippen LogP contribution in [0.1, 0.15) is 45.4 Å². The summed E-state index contributed by atoms with van der Waals surface area (Å²) < 4.78 is 0. The number of hydrogen-bond donors (Lipinski definition) is 2. The molecule has 3 heteroatoms. The first kappa shape index (κ1) is 12.6. The summed E-state index contributed by atoms with van der Waals surface area (Å²) in [6.07, 6.45) is 6.29. The van der Waals surface area contributed by atoms with Crippen LogP contribution >= 0.6 is 0 Å². The van der Waals surface area contributed by atoms with Crippen molar-refractivity contribution in [1.29, 1.82) is 0 Å². The standard InChI is InChI=1S/C16H27NO2/c1-10-8-11-12-4-2-6-17-7-3-5-13(15(19)14(11)18)16(12,17)9-10/h10-15,18-19H,2-9H2,1H3/t10-,11+,12+,13+,14+,15-,16+/m0/s1. The van der Waals surface area contributed by atoms with E-state index in [-0.39, 0.29) is 5.54 Å². The van der Waals surface area contributed by atoms with E-state index in [4.69, 9.17) is 0 Å². The molecular weight excluding hydrogens is 238 g/mol.